The Morgan fingerprint density at radius 2 is 1.74 bits per heavy atom. The fourth-order valence-corrected chi connectivity index (χ4v) is 1.45. The third kappa shape index (κ3) is 2.72. The van der Waals surface area contributed by atoms with Crippen LogP contribution in [0.15, 0.2) is 30.6 Å². The van der Waals surface area contributed by atoms with E-state index < -0.39 is 0 Å². The van der Waals surface area contributed by atoms with E-state index in [1.54, 1.807) is 18.2 Å². The van der Waals surface area contributed by atoms with Crippen molar-refractivity contribution in [2.45, 2.75) is 0 Å². The van der Waals surface area contributed by atoms with E-state index in [4.69, 9.17) is 19.5 Å². The molecule has 0 saturated heterocycles. The summed E-state index contributed by atoms with van der Waals surface area (Å²) >= 11 is 0. The zero-order valence-electron chi connectivity index (χ0n) is 10.5. The Morgan fingerprint density at radius 3 is 2.21 bits per heavy atom. The highest BCUT2D eigenvalue weighted by molar-refractivity contribution is 5.52. The lowest BCUT2D eigenvalue weighted by Gasteiger charge is -2.12. The average Bonchev–Trinajstić information content (AvgIpc) is 2.48. The number of rotatable bonds is 4. The van der Waals surface area contributed by atoms with Crippen LogP contribution in [-0.2, 0) is 0 Å². The molecular formula is C13H11N3O3. The summed E-state index contributed by atoms with van der Waals surface area (Å²) in [4.78, 5) is 7.85. The monoisotopic (exact) mass is 257 g/mol. The third-order valence-corrected chi connectivity index (χ3v) is 2.33. The molecule has 0 aliphatic rings. The smallest absolute Gasteiger partial charge is 0.238 e. The van der Waals surface area contributed by atoms with Crippen molar-refractivity contribution in [3.05, 3.63) is 36.3 Å². The summed E-state index contributed by atoms with van der Waals surface area (Å²) in [5, 5.41) is 8.65. The standard InChI is InChI=1S/C13H11N3O3/c1-17-10-4-3-5-11(18-2)13(10)19-12-8-15-9(6-14)7-16-12/h3-5,7-8H,1-2H3. The van der Waals surface area contributed by atoms with E-state index in [1.807, 2.05) is 6.07 Å². The van der Waals surface area contributed by atoms with Gasteiger partial charge in [0.2, 0.25) is 11.6 Å². The molecule has 1 aromatic carbocycles. The number of aromatic nitrogens is 2. The minimum Gasteiger partial charge on any atom is -0.493 e. The molecule has 96 valence electrons. The molecule has 1 aromatic heterocycles. The molecule has 19 heavy (non-hydrogen) atoms. The number of hydrogen-bond acceptors (Lipinski definition) is 6. The molecule has 0 fully saturated rings. The summed E-state index contributed by atoms with van der Waals surface area (Å²) < 4.78 is 16.0. The largest absolute Gasteiger partial charge is 0.493 e. The second kappa shape index (κ2) is 5.69. The van der Waals surface area contributed by atoms with Crippen molar-refractivity contribution in [1.29, 1.82) is 5.26 Å². The number of benzene rings is 1. The van der Waals surface area contributed by atoms with Gasteiger partial charge in [0, 0.05) is 0 Å². The van der Waals surface area contributed by atoms with Gasteiger partial charge >= 0.3 is 0 Å². The van der Waals surface area contributed by atoms with Crippen LogP contribution in [0.25, 0.3) is 0 Å². The molecule has 0 radical (unpaired) electrons. The van der Waals surface area contributed by atoms with E-state index in [0.717, 1.165) is 0 Å². The first-order valence-corrected chi connectivity index (χ1v) is 5.39. The molecule has 0 saturated carbocycles. The molecule has 0 unspecified atom stereocenters. The van der Waals surface area contributed by atoms with Crippen molar-refractivity contribution in [2.75, 3.05) is 14.2 Å². The van der Waals surface area contributed by atoms with E-state index in [1.165, 1.54) is 26.6 Å². The van der Waals surface area contributed by atoms with Crippen LogP contribution in [0.2, 0.25) is 0 Å². The van der Waals surface area contributed by atoms with Gasteiger partial charge in [-0.05, 0) is 12.1 Å². The van der Waals surface area contributed by atoms with Crippen molar-refractivity contribution in [3.8, 4) is 29.2 Å². The first-order chi connectivity index (χ1) is 9.28. The molecule has 0 aliphatic carbocycles. The number of hydrogen-bond donors (Lipinski definition) is 0. The Morgan fingerprint density at radius 1 is 1.05 bits per heavy atom. The molecule has 2 aromatic rings. The summed E-state index contributed by atoms with van der Waals surface area (Å²) in [6, 6.07) is 7.16. The SMILES string of the molecule is COc1cccc(OC)c1Oc1cnc(C#N)cn1. The van der Waals surface area contributed by atoms with Gasteiger partial charge in [-0.3, -0.25) is 0 Å². The van der Waals surface area contributed by atoms with Crippen LogP contribution in [0, 0.1) is 11.3 Å². The summed E-state index contributed by atoms with van der Waals surface area (Å²) in [6.07, 6.45) is 2.70. The van der Waals surface area contributed by atoms with Crippen molar-refractivity contribution >= 4 is 0 Å². The molecule has 0 N–H and O–H groups in total. The Hall–Kier alpha value is -2.81. The fourth-order valence-electron chi connectivity index (χ4n) is 1.45. The lowest BCUT2D eigenvalue weighted by Crippen LogP contribution is -1.96. The quantitative estimate of drug-likeness (QED) is 0.835. The van der Waals surface area contributed by atoms with E-state index in [9.17, 15) is 0 Å². The molecule has 2 rings (SSSR count). The van der Waals surface area contributed by atoms with Gasteiger partial charge in [0.25, 0.3) is 0 Å². The highest BCUT2D eigenvalue weighted by Crippen LogP contribution is 2.39. The predicted molar refractivity (Wildman–Crippen MR) is 66.4 cm³/mol. The predicted octanol–water partition coefficient (Wildman–Crippen LogP) is 2.16. The molecular weight excluding hydrogens is 246 g/mol. The maximum atomic E-state index is 8.65. The van der Waals surface area contributed by atoms with Crippen molar-refractivity contribution in [2.24, 2.45) is 0 Å². The molecule has 0 atom stereocenters. The number of nitrogens with zero attached hydrogens (tertiary/aromatic N) is 3. The van der Waals surface area contributed by atoms with Gasteiger partial charge in [-0.1, -0.05) is 6.07 Å². The van der Waals surface area contributed by atoms with Gasteiger partial charge in [0.1, 0.15) is 6.07 Å². The topological polar surface area (TPSA) is 77.3 Å². The van der Waals surface area contributed by atoms with Gasteiger partial charge in [-0.15, -0.1) is 0 Å². The van der Waals surface area contributed by atoms with Crippen LogP contribution in [0.5, 0.6) is 23.1 Å². The van der Waals surface area contributed by atoms with Crippen molar-refractivity contribution in [3.63, 3.8) is 0 Å². The molecule has 0 spiro atoms. The number of ether oxygens (including phenoxy) is 3. The zero-order valence-corrected chi connectivity index (χ0v) is 10.5. The maximum Gasteiger partial charge on any atom is 0.238 e. The first kappa shape index (κ1) is 12.6. The number of methoxy groups -OCH3 is 2. The highest BCUT2D eigenvalue weighted by Gasteiger charge is 2.13. The number of para-hydroxylation sites is 1. The number of nitriles is 1. The Bertz CT molecular complexity index is 583. The van der Waals surface area contributed by atoms with Gasteiger partial charge in [0.05, 0.1) is 26.6 Å². The summed E-state index contributed by atoms with van der Waals surface area (Å²) in [7, 11) is 3.07. The minimum atomic E-state index is 0.222. The third-order valence-electron chi connectivity index (χ3n) is 2.33. The molecule has 0 bridgehead atoms. The minimum absolute atomic E-state index is 0.222. The lowest BCUT2D eigenvalue weighted by atomic mass is 10.3. The van der Waals surface area contributed by atoms with E-state index in [-0.39, 0.29) is 11.6 Å². The van der Waals surface area contributed by atoms with Crippen LogP contribution in [0.1, 0.15) is 5.69 Å². The summed E-state index contributed by atoms with van der Waals surface area (Å²) in [6.45, 7) is 0. The second-order valence-electron chi connectivity index (χ2n) is 3.45. The normalized spacial score (nSPS) is 9.53. The van der Waals surface area contributed by atoms with Crippen molar-refractivity contribution in [1.82, 2.24) is 9.97 Å². The van der Waals surface area contributed by atoms with Crippen LogP contribution in [0.4, 0.5) is 0 Å². The summed E-state index contributed by atoms with van der Waals surface area (Å²) in [5.74, 6) is 1.70. The zero-order chi connectivity index (χ0) is 13.7. The highest BCUT2D eigenvalue weighted by atomic mass is 16.5. The van der Waals surface area contributed by atoms with Crippen LogP contribution in [0.3, 0.4) is 0 Å². The van der Waals surface area contributed by atoms with Crippen LogP contribution < -0.4 is 14.2 Å². The lowest BCUT2D eigenvalue weighted by molar-refractivity contribution is 0.341. The Balaban J connectivity index is 2.34. The molecule has 0 aliphatic heterocycles. The fraction of sp³-hybridized carbons (Fsp3) is 0.154. The van der Waals surface area contributed by atoms with Gasteiger partial charge in [-0.2, -0.15) is 5.26 Å². The average molecular weight is 257 g/mol. The van der Waals surface area contributed by atoms with Gasteiger partial charge < -0.3 is 14.2 Å². The van der Waals surface area contributed by atoms with Crippen LogP contribution in [-0.4, -0.2) is 24.2 Å². The summed E-state index contributed by atoms with van der Waals surface area (Å²) in [5.41, 5.74) is 0.222. The Labute approximate surface area is 110 Å². The van der Waals surface area contributed by atoms with Gasteiger partial charge in [-0.25, -0.2) is 9.97 Å². The Kier molecular flexibility index (Phi) is 3.78. The molecule has 6 heteroatoms. The van der Waals surface area contributed by atoms with Crippen molar-refractivity contribution < 1.29 is 14.2 Å². The van der Waals surface area contributed by atoms with E-state index in [0.29, 0.717) is 17.2 Å². The van der Waals surface area contributed by atoms with Crippen LogP contribution >= 0.6 is 0 Å². The molecule has 1 heterocycles. The molecule has 6 nitrogen and oxygen atoms in total. The van der Waals surface area contributed by atoms with Gasteiger partial charge in [0.15, 0.2) is 17.2 Å². The first-order valence-electron chi connectivity index (χ1n) is 5.39. The second-order valence-corrected chi connectivity index (χ2v) is 3.45. The van der Waals surface area contributed by atoms with E-state index in [2.05, 4.69) is 9.97 Å². The van der Waals surface area contributed by atoms with E-state index >= 15 is 0 Å². The molecule has 0 amide bonds. The maximum absolute atomic E-state index is 8.65.